The van der Waals surface area contributed by atoms with E-state index in [4.69, 9.17) is 0 Å². The molecule has 0 aliphatic carbocycles. The normalized spacial score (nSPS) is 11.2. The molecule has 1 heterocycles. The van der Waals surface area contributed by atoms with E-state index < -0.39 is 0 Å². The maximum absolute atomic E-state index is 13.0. The van der Waals surface area contributed by atoms with Crippen molar-refractivity contribution < 1.29 is 9.18 Å². The van der Waals surface area contributed by atoms with Crippen LogP contribution in [0.2, 0.25) is 0 Å². The lowest BCUT2D eigenvalue weighted by atomic mass is 9.84. The van der Waals surface area contributed by atoms with Crippen LogP contribution in [0.5, 0.6) is 0 Å². The van der Waals surface area contributed by atoms with Gasteiger partial charge in [-0.25, -0.2) is 9.18 Å². The summed E-state index contributed by atoms with van der Waals surface area (Å²) < 4.78 is 13.0. The first-order valence-electron chi connectivity index (χ1n) is 8.16. The van der Waals surface area contributed by atoms with Gasteiger partial charge in [0.1, 0.15) is 5.82 Å². The molecular weight excluding hydrogens is 321 g/mol. The zero-order valence-corrected chi connectivity index (χ0v) is 15.0. The number of pyridine rings is 1. The van der Waals surface area contributed by atoms with Gasteiger partial charge in [0, 0.05) is 23.2 Å². The maximum atomic E-state index is 13.0. The Morgan fingerprint density at radius 3 is 2.40 bits per heavy atom. The number of nitrogens with one attached hydrogen (secondary N) is 3. The highest BCUT2D eigenvalue weighted by molar-refractivity contribution is 5.74. The van der Waals surface area contributed by atoms with Crippen LogP contribution in [0.3, 0.4) is 0 Å². The number of amides is 2. The molecule has 0 radical (unpaired) electrons. The van der Waals surface area contributed by atoms with Crippen molar-refractivity contribution in [2.45, 2.75) is 39.7 Å². The number of carbonyl (C=O) groups excluding carboxylic acids is 1. The molecular formula is C19H24FN3O2. The van der Waals surface area contributed by atoms with Crippen LogP contribution >= 0.6 is 0 Å². The number of hydrogen-bond acceptors (Lipinski definition) is 2. The summed E-state index contributed by atoms with van der Waals surface area (Å²) in [6.45, 7) is 8.13. The third-order valence-electron chi connectivity index (χ3n) is 4.24. The second-order valence-electron chi connectivity index (χ2n) is 6.87. The minimum atomic E-state index is -0.352. The number of urea groups is 1. The van der Waals surface area contributed by atoms with E-state index >= 15 is 0 Å². The fourth-order valence-corrected chi connectivity index (χ4v) is 2.64. The molecule has 0 saturated heterocycles. The van der Waals surface area contributed by atoms with E-state index in [9.17, 15) is 14.0 Å². The van der Waals surface area contributed by atoms with Crippen LogP contribution in [0, 0.1) is 19.7 Å². The Balaban J connectivity index is 1.92. The molecule has 6 heteroatoms. The Morgan fingerprint density at radius 1 is 1.16 bits per heavy atom. The molecule has 0 bridgehead atoms. The van der Waals surface area contributed by atoms with E-state index in [0.29, 0.717) is 12.1 Å². The summed E-state index contributed by atoms with van der Waals surface area (Å²) in [5, 5.41) is 5.50. The Morgan fingerprint density at radius 2 is 1.80 bits per heavy atom. The van der Waals surface area contributed by atoms with Gasteiger partial charge in [-0.05, 0) is 43.2 Å². The number of hydrogen-bond donors (Lipinski definition) is 3. The lowest BCUT2D eigenvalue weighted by molar-refractivity contribution is 0.238. The smallest absolute Gasteiger partial charge is 0.315 e. The van der Waals surface area contributed by atoms with Crippen LogP contribution in [0.25, 0.3) is 0 Å². The van der Waals surface area contributed by atoms with Gasteiger partial charge in [-0.3, -0.25) is 4.79 Å². The zero-order chi connectivity index (χ0) is 18.6. The molecule has 0 fully saturated rings. The standard InChI is InChI=1S/C19H24FN3O2/c1-12-9-13(2)23-17(24)16(12)10-21-18(25)22-11-19(3,4)14-5-7-15(20)8-6-14/h5-9H,10-11H2,1-4H3,(H,23,24)(H2,21,22,25). The van der Waals surface area contributed by atoms with Gasteiger partial charge in [-0.2, -0.15) is 0 Å². The summed E-state index contributed by atoms with van der Waals surface area (Å²) in [5.74, 6) is -0.288. The van der Waals surface area contributed by atoms with Gasteiger partial charge in [0.2, 0.25) is 0 Å². The van der Waals surface area contributed by atoms with Crippen molar-refractivity contribution in [3.8, 4) is 0 Å². The summed E-state index contributed by atoms with van der Waals surface area (Å²) in [4.78, 5) is 26.7. The second-order valence-corrected chi connectivity index (χ2v) is 6.87. The van der Waals surface area contributed by atoms with Gasteiger partial charge >= 0.3 is 6.03 Å². The fourth-order valence-electron chi connectivity index (χ4n) is 2.64. The third kappa shape index (κ3) is 4.92. The van der Waals surface area contributed by atoms with Crippen molar-refractivity contribution >= 4 is 6.03 Å². The van der Waals surface area contributed by atoms with E-state index in [2.05, 4.69) is 15.6 Å². The Labute approximate surface area is 146 Å². The molecule has 25 heavy (non-hydrogen) atoms. The maximum Gasteiger partial charge on any atom is 0.315 e. The molecule has 3 N–H and O–H groups in total. The lowest BCUT2D eigenvalue weighted by Gasteiger charge is -2.25. The molecule has 1 aromatic carbocycles. The summed E-state index contributed by atoms with van der Waals surface area (Å²) >= 11 is 0. The van der Waals surface area contributed by atoms with E-state index in [1.807, 2.05) is 33.8 Å². The van der Waals surface area contributed by atoms with Crippen molar-refractivity contribution in [3.63, 3.8) is 0 Å². The number of aromatic nitrogens is 1. The minimum Gasteiger partial charge on any atom is -0.337 e. The van der Waals surface area contributed by atoms with E-state index in [1.165, 1.54) is 12.1 Å². The van der Waals surface area contributed by atoms with E-state index in [1.54, 1.807) is 12.1 Å². The van der Waals surface area contributed by atoms with E-state index in [0.717, 1.165) is 16.8 Å². The third-order valence-corrected chi connectivity index (χ3v) is 4.24. The number of aromatic amines is 1. The Hall–Kier alpha value is -2.63. The number of benzene rings is 1. The molecule has 134 valence electrons. The van der Waals surface area contributed by atoms with Gasteiger partial charge in [0.25, 0.3) is 5.56 Å². The van der Waals surface area contributed by atoms with Crippen molar-refractivity contribution in [3.05, 3.63) is 68.9 Å². The summed E-state index contributed by atoms with van der Waals surface area (Å²) in [6, 6.07) is 7.75. The largest absolute Gasteiger partial charge is 0.337 e. The highest BCUT2D eigenvalue weighted by atomic mass is 19.1. The first-order valence-corrected chi connectivity index (χ1v) is 8.16. The van der Waals surface area contributed by atoms with Crippen LogP contribution in [-0.2, 0) is 12.0 Å². The molecule has 0 spiro atoms. The van der Waals surface area contributed by atoms with Crippen molar-refractivity contribution in [1.29, 1.82) is 0 Å². The van der Waals surface area contributed by atoms with Crippen LogP contribution in [0.15, 0.2) is 35.1 Å². The molecule has 0 aliphatic rings. The summed E-state index contributed by atoms with van der Waals surface area (Å²) in [7, 11) is 0. The van der Waals surface area contributed by atoms with Crippen LogP contribution in [-0.4, -0.2) is 17.6 Å². The number of rotatable bonds is 5. The number of aryl methyl sites for hydroxylation is 2. The van der Waals surface area contributed by atoms with E-state index in [-0.39, 0.29) is 29.4 Å². The second kappa shape index (κ2) is 7.51. The number of H-pyrrole nitrogens is 1. The van der Waals surface area contributed by atoms with Gasteiger partial charge in [0.05, 0.1) is 6.54 Å². The fraction of sp³-hybridized carbons (Fsp3) is 0.368. The predicted molar refractivity (Wildman–Crippen MR) is 96.2 cm³/mol. The van der Waals surface area contributed by atoms with Gasteiger partial charge in [0.15, 0.2) is 0 Å². The number of carbonyl (C=O) groups is 1. The first-order chi connectivity index (χ1) is 11.7. The highest BCUT2D eigenvalue weighted by Crippen LogP contribution is 2.22. The summed E-state index contributed by atoms with van der Waals surface area (Å²) in [5.41, 5.74) is 2.57. The van der Waals surface area contributed by atoms with Crippen molar-refractivity contribution in [1.82, 2.24) is 15.6 Å². The van der Waals surface area contributed by atoms with Gasteiger partial charge in [-0.1, -0.05) is 26.0 Å². The number of halogens is 1. The lowest BCUT2D eigenvalue weighted by Crippen LogP contribution is -2.42. The molecule has 2 rings (SSSR count). The Bertz CT molecular complexity index is 810. The van der Waals surface area contributed by atoms with Crippen molar-refractivity contribution in [2.75, 3.05) is 6.54 Å². The molecule has 1 aromatic heterocycles. The average Bonchev–Trinajstić information content (AvgIpc) is 2.52. The van der Waals surface area contributed by atoms with Crippen LogP contribution < -0.4 is 16.2 Å². The molecule has 2 aromatic rings. The SMILES string of the molecule is Cc1cc(C)c(CNC(=O)NCC(C)(C)c2ccc(F)cc2)c(=O)[nH]1. The van der Waals surface area contributed by atoms with Crippen LogP contribution in [0.1, 0.15) is 36.2 Å². The molecule has 0 atom stereocenters. The Kier molecular flexibility index (Phi) is 5.62. The molecule has 0 aliphatic heterocycles. The first kappa shape index (κ1) is 18.7. The predicted octanol–water partition coefficient (Wildman–Crippen LogP) is 2.91. The average molecular weight is 345 g/mol. The molecule has 2 amide bonds. The van der Waals surface area contributed by atoms with Gasteiger partial charge in [-0.15, -0.1) is 0 Å². The topological polar surface area (TPSA) is 74.0 Å². The van der Waals surface area contributed by atoms with Crippen LogP contribution in [0.4, 0.5) is 9.18 Å². The highest BCUT2D eigenvalue weighted by Gasteiger charge is 2.21. The summed E-state index contributed by atoms with van der Waals surface area (Å²) in [6.07, 6.45) is 0. The monoisotopic (exact) mass is 345 g/mol. The molecule has 0 unspecified atom stereocenters. The van der Waals surface area contributed by atoms with Crippen molar-refractivity contribution in [2.24, 2.45) is 0 Å². The quantitative estimate of drug-likeness (QED) is 0.779. The molecule has 0 saturated carbocycles. The minimum absolute atomic E-state index is 0.157. The van der Waals surface area contributed by atoms with Gasteiger partial charge < -0.3 is 15.6 Å². The zero-order valence-electron chi connectivity index (χ0n) is 15.0. The molecule has 5 nitrogen and oxygen atoms in total.